The molecule has 1 aliphatic carbocycles. The average molecular weight is 202 g/mol. The Balaban J connectivity index is 2.20. The van der Waals surface area contributed by atoms with Gasteiger partial charge in [-0.1, -0.05) is 0 Å². The Hall–Kier alpha value is -0.610. The molecule has 0 spiro atoms. The lowest BCUT2D eigenvalue weighted by Gasteiger charge is -2.08. The summed E-state index contributed by atoms with van der Waals surface area (Å²) in [6, 6.07) is 0. The van der Waals surface area contributed by atoms with Crippen LogP contribution in [0.15, 0.2) is 0 Å². The third-order valence-electron chi connectivity index (χ3n) is 2.54. The van der Waals surface area contributed by atoms with Gasteiger partial charge in [0.25, 0.3) is 0 Å². The van der Waals surface area contributed by atoms with Crippen LogP contribution in [-0.2, 0) is 14.3 Å². The smallest absolute Gasteiger partial charge is 0.309 e. The van der Waals surface area contributed by atoms with Gasteiger partial charge in [-0.15, -0.1) is 0 Å². The monoisotopic (exact) mass is 202 g/mol. The summed E-state index contributed by atoms with van der Waals surface area (Å²) >= 11 is 0. The zero-order valence-electron chi connectivity index (χ0n) is 8.73. The number of carbonyl (C=O) groups excluding carboxylic acids is 1. The lowest BCUT2D eigenvalue weighted by molar-refractivity contribution is -0.145. The summed E-state index contributed by atoms with van der Waals surface area (Å²) in [5.74, 6) is -0.167. The molecule has 1 unspecified atom stereocenters. The van der Waals surface area contributed by atoms with E-state index in [0.29, 0.717) is 19.6 Å². The van der Waals surface area contributed by atoms with Gasteiger partial charge in [0.15, 0.2) is 0 Å². The van der Waals surface area contributed by atoms with Crippen molar-refractivity contribution >= 4 is 5.97 Å². The van der Waals surface area contributed by atoms with Crippen LogP contribution in [0.5, 0.6) is 0 Å². The Morgan fingerprint density at radius 2 is 2.36 bits per heavy atom. The fraction of sp³-hybridized carbons (Fsp3) is 0.900. The highest BCUT2D eigenvalue weighted by molar-refractivity contribution is 5.75. The van der Waals surface area contributed by atoms with Crippen molar-refractivity contribution in [2.24, 2.45) is 11.8 Å². The average Bonchev–Trinajstić information content (AvgIpc) is 2.94. The Bertz CT molecular complexity index is 193. The molecule has 0 saturated heterocycles. The molecule has 0 heterocycles. The second-order valence-electron chi connectivity index (χ2n) is 3.61. The Morgan fingerprint density at radius 1 is 1.64 bits per heavy atom. The molecule has 0 aromatic carbocycles. The van der Waals surface area contributed by atoms with E-state index in [-0.39, 0.29) is 17.8 Å². The SMILES string of the molecule is CCOC(=O)[C@H]1C[C@@H]1C(O)CCOC. The molecular weight excluding hydrogens is 184 g/mol. The molecule has 82 valence electrons. The number of methoxy groups -OCH3 is 1. The number of carbonyl (C=O) groups is 1. The predicted octanol–water partition coefficient (Wildman–Crippen LogP) is 0.583. The molecular formula is C10H18O4. The Morgan fingerprint density at radius 3 is 2.93 bits per heavy atom. The van der Waals surface area contributed by atoms with E-state index in [4.69, 9.17) is 9.47 Å². The quantitative estimate of drug-likeness (QED) is 0.640. The van der Waals surface area contributed by atoms with Gasteiger partial charge in [-0.3, -0.25) is 4.79 Å². The Kier molecular flexibility index (Phi) is 4.35. The summed E-state index contributed by atoms with van der Waals surface area (Å²) in [7, 11) is 1.60. The summed E-state index contributed by atoms with van der Waals surface area (Å²) < 4.78 is 9.73. The van der Waals surface area contributed by atoms with Crippen LogP contribution in [0.3, 0.4) is 0 Å². The van der Waals surface area contributed by atoms with E-state index in [1.165, 1.54) is 0 Å². The molecule has 0 radical (unpaired) electrons. The maximum atomic E-state index is 11.2. The summed E-state index contributed by atoms with van der Waals surface area (Å²) in [6.07, 6.45) is 0.921. The number of ether oxygens (including phenoxy) is 2. The molecule has 0 bridgehead atoms. The largest absolute Gasteiger partial charge is 0.466 e. The van der Waals surface area contributed by atoms with Crippen molar-refractivity contribution in [2.75, 3.05) is 20.3 Å². The molecule has 1 rings (SSSR count). The number of hydrogen-bond donors (Lipinski definition) is 1. The maximum Gasteiger partial charge on any atom is 0.309 e. The molecule has 0 aromatic heterocycles. The van der Waals surface area contributed by atoms with Crippen molar-refractivity contribution in [1.82, 2.24) is 0 Å². The molecule has 1 N–H and O–H groups in total. The van der Waals surface area contributed by atoms with Crippen LogP contribution in [0.1, 0.15) is 19.8 Å². The molecule has 0 aliphatic heterocycles. The van der Waals surface area contributed by atoms with E-state index in [1.54, 1.807) is 14.0 Å². The fourth-order valence-corrected chi connectivity index (χ4v) is 1.61. The third-order valence-corrected chi connectivity index (χ3v) is 2.54. The fourth-order valence-electron chi connectivity index (χ4n) is 1.61. The molecule has 0 aromatic rings. The van der Waals surface area contributed by atoms with Crippen LogP contribution in [-0.4, -0.2) is 37.5 Å². The van der Waals surface area contributed by atoms with E-state index >= 15 is 0 Å². The Labute approximate surface area is 84.2 Å². The van der Waals surface area contributed by atoms with Gasteiger partial charge in [0.05, 0.1) is 18.6 Å². The minimum Gasteiger partial charge on any atom is -0.466 e. The number of rotatable bonds is 6. The topological polar surface area (TPSA) is 55.8 Å². The van der Waals surface area contributed by atoms with Crippen LogP contribution in [0.25, 0.3) is 0 Å². The molecule has 3 atom stereocenters. The number of aliphatic hydroxyl groups is 1. The first-order valence-corrected chi connectivity index (χ1v) is 5.04. The third kappa shape index (κ3) is 2.96. The number of hydrogen-bond acceptors (Lipinski definition) is 4. The molecule has 4 heteroatoms. The highest BCUT2D eigenvalue weighted by Crippen LogP contribution is 2.43. The summed E-state index contributed by atoms with van der Waals surface area (Å²) in [6.45, 7) is 2.74. The van der Waals surface area contributed by atoms with Gasteiger partial charge >= 0.3 is 5.97 Å². The second-order valence-corrected chi connectivity index (χ2v) is 3.61. The molecule has 0 amide bonds. The molecule has 1 aliphatic rings. The number of aliphatic hydroxyl groups excluding tert-OH is 1. The summed E-state index contributed by atoms with van der Waals surface area (Å²) in [4.78, 5) is 11.2. The first kappa shape index (κ1) is 11.5. The van der Waals surface area contributed by atoms with E-state index in [1.807, 2.05) is 0 Å². The van der Waals surface area contributed by atoms with Gasteiger partial charge in [0, 0.05) is 13.7 Å². The van der Waals surface area contributed by atoms with Gasteiger partial charge in [0.2, 0.25) is 0 Å². The zero-order chi connectivity index (χ0) is 10.6. The minimum absolute atomic E-state index is 0.0817. The highest BCUT2D eigenvalue weighted by Gasteiger charge is 2.48. The normalized spacial score (nSPS) is 27.1. The predicted molar refractivity (Wildman–Crippen MR) is 50.7 cm³/mol. The van der Waals surface area contributed by atoms with Crippen molar-refractivity contribution < 1.29 is 19.4 Å². The van der Waals surface area contributed by atoms with E-state index in [2.05, 4.69) is 0 Å². The van der Waals surface area contributed by atoms with Crippen LogP contribution in [0, 0.1) is 11.8 Å². The summed E-state index contributed by atoms with van der Waals surface area (Å²) in [5.41, 5.74) is 0. The van der Waals surface area contributed by atoms with Gasteiger partial charge in [0.1, 0.15) is 0 Å². The van der Waals surface area contributed by atoms with Crippen molar-refractivity contribution in [3.05, 3.63) is 0 Å². The van der Waals surface area contributed by atoms with Crippen molar-refractivity contribution in [3.8, 4) is 0 Å². The molecule has 1 fully saturated rings. The molecule has 1 saturated carbocycles. The van der Waals surface area contributed by atoms with Gasteiger partial charge in [-0.05, 0) is 25.7 Å². The van der Waals surface area contributed by atoms with E-state index in [9.17, 15) is 9.90 Å². The van der Waals surface area contributed by atoms with Gasteiger partial charge < -0.3 is 14.6 Å². The first-order valence-electron chi connectivity index (χ1n) is 5.04. The standard InChI is InChI=1S/C10H18O4/c1-3-14-10(12)8-6-7(8)9(11)4-5-13-2/h7-9,11H,3-6H2,1-2H3/t7-,8-,9?/m0/s1. The second kappa shape index (κ2) is 5.32. The van der Waals surface area contributed by atoms with E-state index in [0.717, 1.165) is 6.42 Å². The van der Waals surface area contributed by atoms with Crippen molar-refractivity contribution in [2.45, 2.75) is 25.9 Å². The van der Waals surface area contributed by atoms with Crippen molar-refractivity contribution in [3.63, 3.8) is 0 Å². The molecule has 4 nitrogen and oxygen atoms in total. The molecule has 14 heavy (non-hydrogen) atoms. The first-order chi connectivity index (χ1) is 6.70. The van der Waals surface area contributed by atoms with Crippen LogP contribution in [0.2, 0.25) is 0 Å². The highest BCUT2D eigenvalue weighted by atomic mass is 16.5. The zero-order valence-corrected chi connectivity index (χ0v) is 8.73. The number of esters is 1. The lowest BCUT2D eigenvalue weighted by atomic mass is 10.1. The van der Waals surface area contributed by atoms with Gasteiger partial charge in [-0.25, -0.2) is 0 Å². The summed E-state index contributed by atoms with van der Waals surface area (Å²) in [5, 5.41) is 9.62. The van der Waals surface area contributed by atoms with Crippen LogP contribution in [0.4, 0.5) is 0 Å². The maximum absolute atomic E-state index is 11.2. The van der Waals surface area contributed by atoms with Gasteiger partial charge in [-0.2, -0.15) is 0 Å². The minimum atomic E-state index is -0.427. The van der Waals surface area contributed by atoms with E-state index < -0.39 is 6.10 Å². The van der Waals surface area contributed by atoms with Crippen LogP contribution >= 0.6 is 0 Å². The van der Waals surface area contributed by atoms with Crippen LogP contribution < -0.4 is 0 Å². The lowest BCUT2D eigenvalue weighted by Crippen LogP contribution is -2.17. The van der Waals surface area contributed by atoms with Crippen molar-refractivity contribution in [1.29, 1.82) is 0 Å².